The zero-order chi connectivity index (χ0) is 23.8. The number of halogens is 3. The Morgan fingerprint density at radius 1 is 1.09 bits per heavy atom. The van der Waals surface area contributed by atoms with Crippen molar-refractivity contribution < 1.29 is 18.0 Å². The van der Waals surface area contributed by atoms with E-state index in [2.05, 4.69) is 27.1 Å². The SMILES string of the molecule is Cc1ccc(C(=O)Nc2cccc(C(F)(F)F)c2)cc1C#Cc1cn(C)c2ncnc(N)c12. The molecular weight excluding hydrogens is 431 g/mol. The van der Waals surface area contributed by atoms with E-state index in [-0.39, 0.29) is 11.3 Å². The average molecular weight is 449 g/mol. The van der Waals surface area contributed by atoms with Gasteiger partial charge < -0.3 is 15.6 Å². The molecule has 0 saturated carbocycles. The summed E-state index contributed by atoms with van der Waals surface area (Å²) in [6, 6.07) is 9.38. The van der Waals surface area contributed by atoms with Crippen LogP contribution in [0.1, 0.15) is 32.6 Å². The molecule has 0 saturated heterocycles. The molecule has 1 amide bonds. The van der Waals surface area contributed by atoms with Crippen LogP contribution in [0.15, 0.2) is 55.0 Å². The summed E-state index contributed by atoms with van der Waals surface area (Å²) in [4.78, 5) is 20.9. The fourth-order valence-corrected chi connectivity index (χ4v) is 3.34. The number of anilines is 2. The Kier molecular flexibility index (Phi) is 5.52. The normalized spacial score (nSPS) is 11.2. The maximum atomic E-state index is 12.9. The minimum atomic E-state index is -4.50. The fraction of sp³-hybridized carbons (Fsp3) is 0.125. The molecule has 33 heavy (non-hydrogen) atoms. The number of hydrogen-bond donors (Lipinski definition) is 2. The van der Waals surface area contributed by atoms with Gasteiger partial charge in [-0.2, -0.15) is 13.2 Å². The number of carbonyl (C=O) groups is 1. The lowest BCUT2D eigenvalue weighted by atomic mass is 10.0. The van der Waals surface area contributed by atoms with Crippen molar-refractivity contribution in [2.24, 2.45) is 7.05 Å². The van der Waals surface area contributed by atoms with Gasteiger partial charge in [-0.1, -0.05) is 24.0 Å². The Balaban J connectivity index is 1.63. The molecule has 9 heteroatoms. The Morgan fingerprint density at radius 3 is 2.61 bits per heavy atom. The molecule has 4 aromatic rings. The quantitative estimate of drug-likeness (QED) is 0.441. The lowest BCUT2D eigenvalue weighted by molar-refractivity contribution is -0.137. The van der Waals surface area contributed by atoms with Crippen molar-refractivity contribution in [1.82, 2.24) is 14.5 Å². The lowest BCUT2D eigenvalue weighted by Gasteiger charge is -2.10. The first-order valence-corrected chi connectivity index (χ1v) is 9.80. The molecule has 0 aliphatic rings. The van der Waals surface area contributed by atoms with Crippen LogP contribution in [-0.4, -0.2) is 20.4 Å². The number of aryl methyl sites for hydroxylation is 2. The van der Waals surface area contributed by atoms with Crippen molar-refractivity contribution in [2.45, 2.75) is 13.1 Å². The van der Waals surface area contributed by atoms with Gasteiger partial charge in [0, 0.05) is 30.1 Å². The van der Waals surface area contributed by atoms with E-state index < -0.39 is 17.6 Å². The van der Waals surface area contributed by atoms with Gasteiger partial charge in [-0.25, -0.2) is 9.97 Å². The lowest BCUT2D eigenvalue weighted by Crippen LogP contribution is -2.13. The van der Waals surface area contributed by atoms with Crippen LogP contribution in [0.5, 0.6) is 0 Å². The standard InChI is InChI=1S/C24H18F3N5O/c1-14-6-7-16(23(33)31-19-5-3-4-18(11-19)24(25,26)27)10-15(14)8-9-17-12-32(2)22-20(17)21(28)29-13-30-22/h3-7,10-13H,1-2H3,(H,31,33)(H2,28,29,30). The highest BCUT2D eigenvalue weighted by molar-refractivity contribution is 6.04. The first-order valence-electron chi connectivity index (χ1n) is 9.80. The highest BCUT2D eigenvalue weighted by Crippen LogP contribution is 2.30. The maximum Gasteiger partial charge on any atom is 0.416 e. The van der Waals surface area contributed by atoms with Crippen LogP contribution < -0.4 is 11.1 Å². The third-order valence-corrected chi connectivity index (χ3v) is 5.06. The van der Waals surface area contributed by atoms with E-state index in [1.807, 2.05) is 14.0 Å². The van der Waals surface area contributed by atoms with E-state index >= 15 is 0 Å². The summed E-state index contributed by atoms with van der Waals surface area (Å²) in [5.41, 5.74) is 8.19. The molecule has 6 nitrogen and oxygen atoms in total. The summed E-state index contributed by atoms with van der Waals surface area (Å²) in [5.74, 6) is 5.88. The second-order valence-electron chi connectivity index (χ2n) is 7.42. The van der Waals surface area contributed by atoms with Crippen LogP contribution in [0, 0.1) is 18.8 Å². The summed E-state index contributed by atoms with van der Waals surface area (Å²) in [6.45, 7) is 1.85. The van der Waals surface area contributed by atoms with E-state index in [0.717, 1.165) is 17.7 Å². The van der Waals surface area contributed by atoms with Gasteiger partial charge in [-0.05, 0) is 42.8 Å². The zero-order valence-corrected chi connectivity index (χ0v) is 17.7. The average Bonchev–Trinajstić information content (AvgIpc) is 3.09. The summed E-state index contributed by atoms with van der Waals surface area (Å²) in [6.07, 6.45) is -1.32. The van der Waals surface area contributed by atoms with Gasteiger partial charge in [0.25, 0.3) is 5.91 Å². The Hall–Kier alpha value is -4.32. The molecule has 0 radical (unpaired) electrons. The molecule has 166 valence electrons. The third-order valence-electron chi connectivity index (χ3n) is 5.06. The van der Waals surface area contributed by atoms with Crippen LogP contribution in [0.2, 0.25) is 0 Å². The van der Waals surface area contributed by atoms with Crippen molar-refractivity contribution in [3.8, 4) is 11.8 Å². The number of carbonyl (C=O) groups excluding carboxylic acids is 1. The summed E-state index contributed by atoms with van der Waals surface area (Å²) >= 11 is 0. The number of hydrogen-bond acceptors (Lipinski definition) is 4. The second-order valence-corrected chi connectivity index (χ2v) is 7.42. The van der Waals surface area contributed by atoms with Gasteiger partial charge >= 0.3 is 6.18 Å². The van der Waals surface area contributed by atoms with Crippen LogP contribution in [0.3, 0.4) is 0 Å². The third kappa shape index (κ3) is 4.50. The van der Waals surface area contributed by atoms with Gasteiger partial charge in [0.1, 0.15) is 17.8 Å². The molecule has 0 aliphatic heterocycles. The molecule has 0 aliphatic carbocycles. The molecule has 2 aromatic carbocycles. The number of nitrogens with zero attached hydrogens (tertiary/aromatic N) is 3. The van der Waals surface area contributed by atoms with E-state index in [1.165, 1.54) is 18.5 Å². The minimum Gasteiger partial charge on any atom is -0.383 e. The van der Waals surface area contributed by atoms with Crippen molar-refractivity contribution in [3.05, 3.63) is 82.8 Å². The Bertz CT molecular complexity index is 1440. The monoisotopic (exact) mass is 449 g/mol. The summed E-state index contributed by atoms with van der Waals surface area (Å²) in [7, 11) is 1.82. The van der Waals surface area contributed by atoms with Crippen LogP contribution in [0.25, 0.3) is 11.0 Å². The molecule has 0 atom stereocenters. The van der Waals surface area contributed by atoms with Crippen molar-refractivity contribution in [3.63, 3.8) is 0 Å². The van der Waals surface area contributed by atoms with Gasteiger partial charge in [-0.3, -0.25) is 4.79 Å². The summed E-state index contributed by atoms with van der Waals surface area (Å²) in [5, 5.41) is 3.14. The predicted octanol–water partition coefficient (Wildman–Crippen LogP) is 4.53. The predicted molar refractivity (Wildman–Crippen MR) is 119 cm³/mol. The fourth-order valence-electron chi connectivity index (χ4n) is 3.34. The maximum absolute atomic E-state index is 12.9. The number of amides is 1. The number of nitrogen functional groups attached to an aromatic ring is 1. The van der Waals surface area contributed by atoms with Crippen molar-refractivity contribution >= 4 is 28.4 Å². The van der Waals surface area contributed by atoms with Gasteiger partial charge in [-0.15, -0.1) is 0 Å². The van der Waals surface area contributed by atoms with Crippen molar-refractivity contribution in [1.29, 1.82) is 0 Å². The van der Waals surface area contributed by atoms with Crippen LogP contribution in [0.4, 0.5) is 24.7 Å². The van der Waals surface area contributed by atoms with E-state index in [1.54, 1.807) is 29.0 Å². The molecule has 0 fully saturated rings. The minimum absolute atomic E-state index is 0.0502. The van der Waals surface area contributed by atoms with Gasteiger partial charge in [0.2, 0.25) is 0 Å². The Labute approximate surface area is 187 Å². The number of aromatic nitrogens is 3. The largest absolute Gasteiger partial charge is 0.416 e. The number of nitrogens with one attached hydrogen (secondary N) is 1. The Morgan fingerprint density at radius 2 is 1.85 bits per heavy atom. The topological polar surface area (TPSA) is 85.8 Å². The first kappa shape index (κ1) is 21.9. The number of fused-ring (bicyclic) bond motifs is 1. The second kappa shape index (κ2) is 8.31. The molecular formula is C24H18F3N5O. The van der Waals surface area contributed by atoms with Gasteiger partial charge in [0.15, 0.2) is 0 Å². The molecule has 4 rings (SSSR count). The first-order chi connectivity index (χ1) is 15.6. The van der Waals surface area contributed by atoms with Crippen molar-refractivity contribution in [2.75, 3.05) is 11.1 Å². The number of rotatable bonds is 2. The molecule has 2 aromatic heterocycles. The smallest absolute Gasteiger partial charge is 0.383 e. The molecule has 0 bridgehead atoms. The highest BCUT2D eigenvalue weighted by Gasteiger charge is 2.30. The molecule has 2 heterocycles. The highest BCUT2D eigenvalue weighted by atomic mass is 19.4. The van der Waals surface area contributed by atoms with E-state index in [0.29, 0.717) is 28.0 Å². The van der Waals surface area contributed by atoms with E-state index in [4.69, 9.17) is 5.73 Å². The number of benzene rings is 2. The van der Waals surface area contributed by atoms with E-state index in [9.17, 15) is 18.0 Å². The number of nitrogens with two attached hydrogens (primary N) is 1. The van der Waals surface area contributed by atoms with Crippen LogP contribution >= 0.6 is 0 Å². The van der Waals surface area contributed by atoms with Crippen LogP contribution in [-0.2, 0) is 13.2 Å². The number of alkyl halides is 3. The summed E-state index contributed by atoms with van der Waals surface area (Å²) < 4.78 is 40.6. The molecule has 0 spiro atoms. The van der Waals surface area contributed by atoms with Gasteiger partial charge in [0.05, 0.1) is 16.5 Å². The molecule has 3 N–H and O–H groups in total. The molecule has 0 unspecified atom stereocenters. The zero-order valence-electron chi connectivity index (χ0n) is 17.7.